The minimum Gasteiger partial charge on any atom is -0.481 e. The van der Waals surface area contributed by atoms with Crippen LogP contribution in [0.5, 0.6) is 0 Å². The number of aliphatic carboxylic acids is 1. The molecule has 5 heteroatoms. The maximum absolute atomic E-state index is 11.7. The van der Waals surface area contributed by atoms with Gasteiger partial charge in [0.1, 0.15) is 0 Å². The van der Waals surface area contributed by atoms with Crippen LogP contribution in [0.2, 0.25) is 0 Å². The van der Waals surface area contributed by atoms with Crippen molar-refractivity contribution in [2.45, 2.75) is 38.6 Å². The number of rotatable bonds is 4. The molecule has 16 heavy (non-hydrogen) atoms. The van der Waals surface area contributed by atoms with E-state index in [2.05, 4.69) is 0 Å². The third-order valence-electron chi connectivity index (χ3n) is 2.99. The van der Waals surface area contributed by atoms with Gasteiger partial charge in [-0.15, -0.1) is 0 Å². The Morgan fingerprint density at radius 3 is 2.81 bits per heavy atom. The predicted octanol–water partition coefficient (Wildman–Crippen LogP) is 0.437. The van der Waals surface area contributed by atoms with Crippen LogP contribution in [0.3, 0.4) is 0 Å². The molecule has 1 fully saturated rings. The summed E-state index contributed by atoms with van der Waals surface area (Å²) in [6.45, 7) is 3.10. The molecule has 1 saturated heterocycles. The Kier molecular flexibility index (Phi) is 4.73. The second-order valence-corrected chi connectivity index (χ2v) is 4.51. The van der Waals surface area contributed by atoms with Gasteiger partial charge in [-0.2, -0.15) is 0 Å². The molecule has 1 aliphatic heterocycles. The van der Waals surface area contributed by atoms with Crippen molar-refractivity contribution in [2.75, 3.05) is 13.1 Å². The zero-order chi connectivity index (χ0) is 12.1. The lowest BCUT2D eigenvalue weighted by Crippen LogP contribution is -2.46. The molecule has 92 valence electrons. The molecule has 0 aromatic rings. The predicted molar refractivity (Wildman–Crippen MR) is 59.8 cm³/mol. The largest absolute Gasteiger partial charge is 0.481 e. The highest BCUT2D eigenvalue weighted by Gasteiger charge is 2.25. The number of hydrogen-bond acceptors (Lipinski definition) is 3. The standard InChI is InChI=1S/C11H20N2O3/c1-8(12)11(16)13-6-2-3-9(7-13)4-5-10(14)15/h8-9H,2-7,12H2,1H3,(H,14,15)/t8-,9?/m0/s1. The van der Waals surface area contributed by atoms with Crippen molar-refractivity contribution in [1.29, 1.82) is 0 Å². The average molecular weight is 228 g/mol. The van der Waals surface area contributed by atoms with Crippen LogP contribution in [0.1, 0.15) is 32.6 Å². The van der Waals surface area contributed by atoms with Crippen molar-refractivity contribution in [2.24, 2.45) is 11.7 Å². The van der Waals surface area contributed by atoms with Crippen LogP contribution in [0, 0.1) is 5.92 Å². The average Bonchev–Trinajstić information content (AvgIpc) is 2.25. The summed E-state index contributed by atoms with van der Waals surface area (Å²) >= 11 is 0. The van der Waals surface area contributed by atoms with Crippen LogP contribution in [0.25, 0.3) is 0 Å². The van der Waals surface area contributed by atoms with Gasteiger partial charge in [0.25, 0.3) is 0 Å². The molecule has 0 spiro atoms. The first kappa shape index (κ1) is 13.0. The Labute approximate surface area is 95.6 Å². The SMILES string of the molecule is C[C@H](N)C(=O)N1CCCC(CCC(=O)O)C1. The number of amides is 1. The summed E-state index contributed by atoms with van der Waals surface area (Å²) in [4.78, 5) is 23.9. The fourth-order valence-electron chi connectivity index (χ4n) is 2.12. The highest BCUT2D eigenvalue weighted by Crippen LogP contribution is 2.21. The zero-order valence-electron chi connectivity index (χ0n) is 9.69. The number of carboxylic acid groups (broad SMARTS) is 1. The van der Waals surface area contributed by atoms with Crippen molar-refractivity contribution in [3.63, 3.8) is 0 Å². The lowest BCUT2D eigenvalue weighted by molar-refractivity contribution is -0.137. The minimum atomic E-state index is -0.768. The van der Waals surface area contributed by atoms with E-state index in [1.54, 1.807) is 11.8 Å². The van der Waals surface area contributed by atoms with Crippen LogP contribution < -0.4 is 5.73 Å². The van der Waals surface area contributed by atoms with Gasteiger partial charge in [0.05, 0.1) is 6.04 Å². The maximum Gasteiger partial charge on any atom is 0.303 e. The number of hydrogen-bond donors (Lipinski definition) is 2. The summed E-state index contributed by atoms with van der Waals surface area (Å²) in [7, 11) is 0. The van der Waals surface area contributed by atoms with Gasteiger partial charge in [-0.3, -0.25) is 9.59 Å². The third-order valence-corrected chi connectivity index (χ3v) is 2.99. The first-order valence-electron chi connectivity index (χ1n) is 5.77. The summed E-state index contributed by atoms with van der Waals surface area (Å²) in [5.41, 5.74) is 5.55. The summed E-state index contributed by atoms with van der Waals surface area (Å²) < 4.78 is 0. The van der Waals surface area contributed by atoms with E-state index in [1.807, 2.05) is 0 Å². The zero-order valence-corrected chi connectivity index (χ0v) is 9.69. The van der Waals surface area contributed by atoms with Gasteiger partial charge >= 0.3 is 5.97 Å². The quantitative estimate of drug-likeness (QED) is 0.731. The molecule has 5 nitrogen and oxygen atoms in total. The molecule has 1 heterocycles. The van der Waals surface area contributed by atoms with Crippen molar-refractivity contribution in [3.05, 3.63) is 0 Å². The molecule has 0 bridgehead atoms. The van der Waals surface area contributed by atoms with E-state index in [4.69, 9.17) is 10.8 Å². The molecule has 1 aliphatic rings. The second kappa shape index (κ2) is 5.84. The molecule has 0 aliphatic carbocycles. The van der Waals surface area contributed by atoms with E-state index in [9.17, 15) is 9.59 Å². The summed E-state index contributed by atoms with van der Waals surface area (Å²) in [5.74, 6) is -0.483. The van der Waals surface area contributed by atoms with Gasteiger partial charge in [-0.05, 0) is 32.1 Å². The van der Waals surface area contributed by atoms with Gasteiger partial charge in [-0.25, -0.2) is 0 Å². The van der Waals surface area contributed by atoms with Gasteiger partial charge in [-0.1, -0.05) is 0 Å². The first-order valence-corrected chi connectivity index (χ1v) is 5.77. The first-order chi connectivity index (χ1) is 7.50. The molecule has 0 saturated carbocycles. The van der Waals surface area contributed by atoms with Crippen LogP contribution >= 0.6 is 0 Å². The van der Waals surface area contributed by atoms with E-state index in [-0.39, 0.29) is 12.3 Å². The molecule has 3 N–H and O–H groups in total. The Morgan fingerprint density at radius 2 is 2.25 bits per heavy atom. The van der Waals surface area contributed by atoms with Crippen LogP contribution in [-0.4, -0.2) is 41.0 Å². The Bertz CT molecular complexity index is 266. The molecule has 1 amide bonds. The topological polar surface area (TPSA) is 83.6 Å². The molecule has 0 radical (unpaired) electrons. The van der Waals surface area contributed by atoms with E-state index in [1.165, 1.54) is 0 Å². The maximum atomic E-state index is 11.7. The van der Waals surface area contributed by atoms with Crippen molar-refractivity contribution in [3.8, 4) is 0 Å². The van der Waals surface area contributed by atoms with Gasteiger partial charge in [0.2, 0.25) is 5.91 Å². The van der Waals surface area contributed by atoms with Crippen LogP contribution in [-0.2, 0) is 9.59 Å². The van der Waals surface area contributed by atoms with E-state index in [0.717, 1.165) is 19.4 Å². The lowest BCUT2D eigenvalue weighted by atomic mass is 9.93. The summed E-state index contributed by atoms with van der Waals surface area (Å²) in [5, 5.41) is 8.61. The van der Waals surface area contributed by atoms with Crippen molar-refractivity contribution in [1.82, 2.24) is 4.90 Å². The number of likely N-dealkylation sites (tertiary alicyclic amines) is 1. The molecule has 0 aromatic heterocycles. The third kappa shape index (κ3) is 3.81. The molecule has 1 unspecified atom stereocenters. The van der Waals surface area contributed by atoms with E-state index < -0.39 is 12.0 Å². The van der Waals surface area contributed by atoms with E-state index in [0.29, 0.717) is 18.9 Å². The molecule has 0 aromatic carbocycles. The number of nitrogens with two attached hydrogens (primary N) is 1. The smallest absolute Gasteiger partial charge is 0.303 e. The number of carboxylic acids is 1. The highest BCUT2D eigenvalue weighted by atomic mass is 16.4. The van der Waals surface area contributed by atoms with Gasteiger partial charge in [0, 0.05) is 19.5 Å². The van der Waals surface area contributed by atoms with Crippen LogP contribution in [0.15, 0.2) is 0 Å². The van der Waals surface area contributed by atoms with Gasteiger partial charge in [0.15, 0.2) is 0 Å². The van der Waals surface area contributed by atoms with Crippen molar-refractivity contribution < 1.29 is 14.7 Å². The fraction of sp³-hybridized carbons (Fsp3) is 0.818. The molecule has 1 rings (SSSR count). The number of carbonyl (C=O) groups excluding carboxylic acids is 1. The Hall–Kier alpha value is -1.10. The molecular formula is C11H20N2O3. The highest BCUT2D eigenvalue weighted by molar-refractivity contribution is 5.81. The normalized spacial score (nSPS) is 22.9. The van der Waals surface area contributed by atoms with Crippen molar-refractivity contribution >= 4 is 11.9 Å². The molecular weight excluding hydrogens is 208 g/mol. The van der Waals surface area contributed by atoms with Gasteiger partial charge < -0.3 is 15.7 Å². The fourth-order valence-corrected chi connectivity index (χ4v) is 2.12. The van der Waals surface area contributed by atoms with Crippen LogP contribution in [0.4, 0.5) is 0 Å². The van der Waals surface area contributed by atoms with E-state index >= 15 is 0 Å². The monoisotopic (exact) mass is 228 g/mol. The Morgan fingerprint density at radius 1 is 1.56 bits per heavy atom. The lowest BCUT2D eigenvalue weighted by Gasteiger charge is -2.33. The number of piperidine rings is 1. The summed E-state index contributed by atoms with van der Waals surface area (Å²) in [6, 6.07) is -0.460. The summed E-state index contributed by atoms with van der Waals surface area (Å²) in [6.07, 6.45) is 2.79. The Balaban J connectivity index is 2.41. The second-order valence-electron chi connectivity index (χ2n) is 4.51. The number of carbonyl (C=O) groups is 2. The number of nitrogens with zero attached hydrogens (tertiary/aromatic N) is 1. The minimum absolute atomic E-state index is 0.0278. The molecule has 2 atom stereocenters.